The van der Waals surface area contributed by atoms with E-state index < -0.39 is 0 Å². The van der Waals surface area contributed by atoms with Crippen molar-refractivity contribution in [3.05, 3.63) is 66.5 Å². The van der Waals surface area contributed by atoms with Crippen LogP contribution in [-0.2, 0) is 0 Å². The summed E-state index contributed by atoms with van der Waals surface area (Å²) in [5.74, 6) is 0. The molecular weight excluding hydrogens is 186 g/mol. The minimum atomic E-state index is 0.0543. The van der Waals surface area contributed by atoms with Crippen molar-refractivity contribution >= 4 is 0 Å². The van der Waals surface area contributed by atoms with Crippen LogP contribution in [0.4, 0.5) is 0 Å². The summed E-state index contributed by atoms with van der Waals surface area (Å²) < 4.78 is 1.72. The lowest BCUT2D eigenvalue weighted by Gasteiger charge is -2.07. The molecule has 76 valence electrons. The number of nitrogens with zero attached hydrogens (tertiary/aromatic N) is 1. The number of aromatic nitrogens is 1. The van der Waals surface area contributed by atoms with E-state index >= 15 is 0 Å². The molecular formula is C13H14NO+. The van der Waals surface area contributed by atoms with E-state index in [4.69, 9.17) is 4.84 Å². The Balaban J connectivity index is 2.08. The molecule has 0 saturated heterocycles. The fourth-order valence-electron chi connectivity index (χ4n) is 1.42. The van der Waals surface area contributed by atoms with Gasteiger partial charge in [0.05, 0.1) is 0 Å². The van der Waals surface area contributed by atoms with Crippen molar-refractivity contribution in [2.75, 3.05) is 0 Å². The maximum atomic E-state index is 5.72. The molecule has 0 bridgehead atoms. The van der Waals surface area contributed by atoms with E-state index in [0.717, 1.165) is 0 Å². The van der Waals surface area contributed by atoms with Crippen molar-refractivity contribution in [1.82, 2.24) is 0 Å². The molecule has 1 atom stereocenters. The minimum Gasteiger partial charge on any atom is -0.264 e. The van der Waals surface area contributed by atoms with Crippen LogP contribution < -0.4 is 9.57 Å². The van der Waals surface area contributed by atoms with Gasteiger partial charge >= 0.3 is 0 Å². The zero-order valence-corrected chi connectivity index (χ0v) is 8.71. The molecule has 1 aromatic carbocycles. The van der Waals surface area contributed by atoms with E-state index in [1.807, 2.05) is 55.7 Å². The van der Waals surface area contributed by atoms with Crippen molar-refractivity contribution in [3.63, 3.8) is 0 Å². The van der Waals surface area contributed by atoms with Gasteiger partial charge in [-0.1, -0.05) is 36.4 Å². The second-order valence-electron chi connectivity index (χ2n) is 3.39. The normalized spacial score (nSPS) is 12.1. The lowest BCUT2D eigenvalue weighted by atomic mass is 10.1. The fourth-order valence-corrected chi connectivity index (χ4v) is 1.42. The number of hydrogen-bond donors (Lipinski definition) is 0. The first-order valence-electron chi connectivity index (χ1n) is 5.04. The molecule has 1 aromatic heterocycles. The van der Waals surface area contributed by atoms with Gasteiger partial charge in [-0.3, -0.25) is 4.84 Å². The van der Waals surface area contributed by atoms with E-state index in [2.05, 4.69) is 12.1 Å². The lowest BCUT2D eigenvalue weighted by molar-refractivity contribution is -0.900. The summed E-state index contributed by atoms with van der Waals surface area (Å²) in [5, 5.41) is 0. The summed E-state index contributed by atoms with van der Waals surface area (Å²) in [6, 6.07) is 16.0. The van der Waals surface area contributed by atoms with Crippen LogP contribution >= 0.6 is 0 Å². The van der Waals surface area contributed by atoms with Gasteiger partial charge in [-0.05, 0) is 12.5 Å². The Kier molecular flexibility index (Phi) is 2.98. The highest BCUT2D eigenvalue weighted by molar-refractivity contribution is 5.16. The van der Waals surface area contributed by atoms with Gasteiger partial charge in [-0.25, -0.2) is 0 Å². The second-order valence-corrected chi connectivity index (χ2v) is 3.39. The van der Waals surface area contributed by atoms with Crippen molar-refractivity contribution in [1.29, 1.82) is 0 Å². The van der Waals surface area contributed by atoms with Gasteiger partial charge in [0.1, 0.15) is 0 Å². The lowest BCUT2D eigenvalue weighted by Crippen LogP contribution is -2.42. The molecule has 0 N–H and O–H groups in total. The first-order chi connectivity index (χ1) is 7.36. The maximum Gasteiger partial charge on any atom is 0.222 e. The van der Waals surface area contributed by atoms with Crippen LogP contribution in [0.3, 0.4) is 0 Å². The average Bonchev–Trinajstić information content (AvgIpc) is 2.31. The molecule has 2 heteroatoms. The number of benzene rings is 1. The molecule has 0 radical (unpaired) electrons. The molecule has 2 rings (SSSR count). The Morgan fingerprint density at radius 3 is 2.20 bits per heavy atom. The van der Waals surface area contributed by atoms with Gasteiger partial charge in [0.25, 0.3) is 0 Å². The highest BCUT2D eigenvalue weighted by Crippen LogP contribution is 2.10. The highest BCUT2D eigenvalue weighted by Gasteiger charge is 2.10. The smallest absolute Gasteiger partial charge is 0.222 e. The first kappa shape index (κ1) is 9.71. The van der Waals surface area contributed by atoms with Gasteiger partial charge < -0.3 is 0 Å². The van der Waals surface area contributed by atoms with Crippen LogP contribution in [0.15, 0.2) is 60.9 Å². The average molecular weight is 200 g/mol. The van der Waals surface area contributed by atoms with Crippen LogP contribution in [0.5, 0.6) is 0 Å². The van der Waals surface area contributed by atoms with Crippen molar-refractivity contribution in [2.45, 2.75) is 13.0 Å². The Morgan fingerprint density at radius 1 is 0.933 bits per heavy atom. The van der Waals surface area contributed by atoms with Gasteiger partial charge in [0, 0.05) is 16.9 Å². The molecule has 1 heterocycles. The third kappa shape index (κ3) is 2.56. The van der Waals surface area contributed by atoms with Gasteiger partial charge in [0.15, 0.2) is 6.10 Å². The third-order valence-electron chi connectivity index (χ3n) is 2.24. The highest BCUT2D eigenvalue weighted by atomic mass is 16.7. The maximum absolute atomic E-state index is 5.72. The molecule has 2 aromatic rings. The summed E-state index contributed by atoms with van der Waals surface area (Å²) in [6.07, 6.45) is 3.83. The quantitative estimate of drug-likeness (QED) is 0.692. The van der Waals surface area contributed by atoms with Crippen molar-refractivity contribution in [2.24, 2.45) is 0 Å². The van der Waals surface area contributed by atoms with E-state index in [9.17, 15) is 0 Å². The molecule has 2 nitrogen and oxygen atoms in total. The predicted molar refractivity (Wildman–Crippen MR) is 58.1 cm³/mol. The summed E-state index contributed by atoms with van der Waals surface area (Å²) in [6.45, 7) is 2.04. The Bertz CT molecular complexity index is 399. The monoisotopic (exact) mass is 200 g/mol. The van der Waals surface area contributed by atoms with E-state index in [1.165, 1.54) is 5.56 Å². The van der Waals surface area contributed by atoms with Crippen molar-refractivity contribution < 1.29 is 9.57 Å². The molecule has 0 aliphatic rings. The Labute approximate surface area is 89.7 Å². The molecule has 0 amide bonds. The van der Waals surface area contributed by atoms with Crippen LogP contribution in [0.2, 0.25) is 0 Å². The number of pyridine rings is 1. The molecule has 0 aliphatic carbocycles. The number of rotatable bonds is 3. The van der Waals surface area contributed by atoms with E-state index in [-0.39, 0.29) is 6.10 Å². The molecule has 1 unspecified atom stereocenters. The summed E-state index contributed by atoms with van der Waals surface area (Å²) in [5.41, 5.74) is 1.17. The summed E-state index contributed by atoms with van der Waals surface area (Å²) in [7, 11) is 0. The van der Waals surface area contributed by atoms with E-state index in [0.29, 0.717) is 0 Å². The fraction of sp³-hybridized carbons (Fsp3) is 0.154. The standard InChI is InChI=1S/C13H14NO/c1-12(13-8-4-2-5-9-13)15-14-10-6-3-7-11-14/h2-12H,1H3/q+1. The topological polar surface area (TPSA) is 13.1 Å². The molecule has 0 aliphatic heterocycles. The van der Waals surface area contributed by atoms with Gasteiger partial charge in [0.2, 0.25) is 12.4 Å². The SMILES string of the molecule is CC(O[n+]1ccccc1)c1ccccc1. The van der Waals surface area contributed by atoms with Gasteiger partial charge in [-0.2, -0.15) is 0 Å². The van der Waals surface area contributed by atoms with E-state index in [1.54, 1.807) is 4.73 Å². The Morgan fingerprint density at radius 2 is 1.53 bits per heavy atom. The van der Waals surface area contributed by atoms with Crippen LogP contribution in [0, 0.1) is 0 Å². The van der Waals surface area contributed by atoms with Crippen LogP contribution in [0.25, 0.3) is 0 Å². The largest absolute Gasteiger partial charge is 0.264 e. The molecule has 0 fully saturated rings. The van der Waals surface area contributed by atoms with Crippen LogP contribution in [-0.4, -0.2) is 0 Å². The molecule has 15 heavy (non-hydrogen) atoms. The third-order valence-corrected chi connectivity index (χ3v) is 2.24. The summed E-state index contributed by atoms with van der Waals surface area (Å²) >= 11 is 0. The second kappa shape index (κ2) is 4.60. The molecule has 0 saturated carbocycles. The van der Waals surface area contributed by atoms with Crippen molar-refractivity contribution in [3.8, 4) is 0 Å². The van der Waals surface area contributed by atoms with Crippen LogP contribution in [0.1, 0.15) is 18.6 Å². The zero-order chi connectivity index (χ0) is 10.5. The first-order valence-corrected chi connectivity index (χ1v) is 5.04. The van der Waals surface area contributed by atoms with Gasteiger partial charge in [-0.15, -0.1) is 0 Å². The molecule has 0 spiro atoms. The Hall–Kier alpha value is -1.83. The zero-order valence-electron chi connectivity index (χ0n) is 8.71. The summed E-state index contributed by atoms with van der Waals surface area (Å²) in [4.78, 5) is 5.72. The minimum absolute atomic E-state index is 0.0543. The number of hydrogen-bond acceptors (Lipinski definition) is 1. The predicted octanol–water partition coefficient (Wildman–Crippen LogP) is 2.16.